The number of nitrogen functional groups attached to an aromatic ring is 1. The number of carbonyl (C=O) groups is 1. The zero-order valence-corrected chi connectivity index (χ0v) is 18.2. The molecule has 0 aliphatic carbocycles. The molecule has 0 atom stereocenters. The fourth-order valence-electron chi connectivity index (χ4n) is 4.04. The van der Waals surface area contributed by atoms with E-state index in [1.54, 1.807) is 16.8 Å². The third-order valence-corrected chi connectivity index (χ3v) is 5.95. The second kappa shape index (κ2) is 7.82. The van der Waals surface area contributed by atoms with Crippen molar-refractivity contribution in [1.82, 2.24) is 24.5 Å². The maximum absolute atomic E-state index is 12.9. The summed E-state index contributed by atoms with van der Waals surface area (Å²) in [6.45, 7) is 2.95. The molecule has 0 aromatic carbocycles. The second-order valence-electron chi connectivity index (χ2n) is 7.77. The van der Waals surface area contributed by atoms with Crippen LogP contribution < -0.4 is 16.1 Å². The normalized spacial score (nSPS) is 13.2. The predicted molar refractivity (Wildman–Crippen MR) is 123 cm³/mol. The Morgan fingerprint density at radius 3 is 2.82 bits per heavy atom. The molecule has 10 nitrogen and oxygen atoms in total. The Morgan fingerprint density at radius 2 is 2.06 bits per heavy atom. The summed E-state index contributed by atoms with van der Waals surface area (Å²) in [6, 6.07) is 3.14. The average molecular weight is 464 g/mol. The fourth-order valence-corrected chi connectivity index (χ4v) is 4.31. The third kappa shape index (κ3) is 3.54. The summed E-state index contributed by atoms with van der Waals surface area (Å²) < 4.78 is 1.54. The molecule has 166 valence electrons. The highest BCUT2D eigenvalue weighted by molar-refractivity contribution is 6.33. The predicted octanol–water partition coefficient (Wildman–Crippen LogP) is 2.38. The van der Waals surface area contributed by atoms with Gasteiger partial charge in [-0.05, 0) is 24.6 Å². The monoisotopic (exact) mass is 463 g/mol. The minimum atomic E-state index is -1.34. The van der Waals surface area contributed by atoms with E-state index in [1.165, 1.54) is 24.8 Å². The van der Waals surface area contributed by atoms with E-state index in [-0.39, 0.29) is 16.1 Å². The fraction of sp³-hybridized carbons (Fsp3) is 0.182. The Kier molecular flexibility index (Phi) is 4.94. The van der Waals surface area contributed by atoms with Gasteiger partial charge in [-0.25, -0.2) is 24.7 Å². The van der Waals surface area contributed by atoms with Crippen LogP contribution in [0.1, 0.15) is 27.2 Å². The van der Waals surface area contributed by atoms with Crippen molar-refractivity contribution in [1.29, 1.82) is 0 Å². The molecule has 0 saturated carbocycles. The Labute approximate surface area is 192 Å². The highest BCUT2D eigenvalue weighted by Gasteiger charge is 2.24. The molecule has 1 aliphatic rings. The lowest BCUT2D eigenvalue weighted by Gasteiger charge is -2.29. The number of aryl methyl sites for hydroxylation is 1. The summed E-state index contributed by atoms with van der Waals surface area (Å²) in [4.78, 5) is 44.0. The van der Waals surface area contributed by atoms with Gasteiger partial charge in [0, 0.05) is 37.5 Å². The van der Waals surface area contributed by atoms with E-state index in [0.717, 1.165) is 16.8 Å². The lowest BCUT2D eigenvalue weighted by molar-refractivity contribution is 0.0695. The molecule has 0 saturated heterocycles. The van der Waals surface area contributed by atoms with E-state index in [0.29, 0.717) is 36.8 Å². The number of halogens is 1. The zero-order chi connectivity index (χ0) is 23.3. The number of nitrogens with zero attached hydrogens (tertiary/aromatic N) is 6. The lowest BCUT2D eigenvalue weighted by Crippen LogP contribution is -2.32. The van der Waals surface area contributed by atoms with Crippen molar-refractivity contribution >= 4 is 40.2 Å². The van der Waals surface area contributed by atoms with Gasteiger partial charge in [0.05, 0.1) is 28.0 Å². The largest absolute Gasteiger partial charge is 0.477 e. The van der Waals surface area contributed by atoms with Crippen LogP contribution in [-0.4, -0.2) is 42.1 Å². The van der Waals surface area contributed by atoms with Crippen LogP contribution in [-0.2, 0) is 13.0 Å². The van der Waals surface area contributed by atoms with Gasteiger partial charge in [0.2, 0.25) is 5.43 Å². The summed E-state index contributed by atoms with van der Waals surface area (Å²) in [5.74, 6) is -0.536. The van der Waals surface area contributed by atoms with E-state index in [4.69, 9.17) is 22.3 Å². The van der Waals surface area contributed by atoms with Crippen molar-refractivity contribution in [3.05, 3.63) is 74.7 Å². The molecule has 1 aliphatic heterocycles. The Bertz CT molecular complexity index is 1500. The van der Waals surface area contributed by atoms with Crippen LogP contribution in [0.2, 0.25) is 5.02 Å². The number of hydrogen-bond acceptors (Lipinski definition) is 8. The van der Waals surface area contributed by atoms with Crippen molar-refractivity contribution in [2.24, 2.45) is 0 Å². The molecule has 33 heavy (non-hydrogen) atoms. The number of hydrogen-bond donors (Lipinski definition) is 2. The van der Waals surface area contributed by atoms with Crippen LogP contribution in [0, 0.1) is 6.92 Å². The van der Waals surface area contributed by atoms with Crippen molar-refractivity contribution in [3.63, 3.8) is 0 Å². The minimum absolute atomic E-state index is 0.0978. The highest BCUT2D eigenvalue weighted by atomic mass is 35.5. The van der Waals surface area contributed by atoms with E-state index in [9.17, 15) is 14.7 Å². The SMILES string of the molecule is Cc1cc(N)ncc1-n1cc(C(=O)O)c(=O)c2cc(Cl)c(N3CCc4ncncc4C3)nc21. The van der Waals surface area contributed by atoms with Crippen LogP contribution in [0.3, 0.4) is 0 Å². The number of anilines is 2. The molecule has 0 unspecified atom stereocenters. The van der Waals surface area contributed by atoms with Gasteiger partial charge in [-0.15, -0.1) is 0 Å². The molecule has 4 aromatic rings. The van der Waals surface area contributed by atoms with E-state index in [2.05, 4.69) is 15.0 Å². The van der Waals surface area contributed by atoms with Crippen molar-refractivity contribution < 1.29 is 9.90 Å². The molecule has 11 heteroatoms. The maximum Gasteiger partial charge on any atom is 0.341 e. The van der Waals surface area contributed by atoms with Gasteiger partial charge in [-0.1, -0.05) is 11.6 Å². The van der Waals surface area contributed by atoms with Gasteiger partial charge in [0.25, 0.3) is 0 Å². The first-order valence-corrected chi connectivity index (χ1v) is 10.5. The molecular weight excluding hydrogens is 446 g/mol. The topological polar surface area (TPSA) is 140 Å². The third-order valence-electron chi connectivity index (χ3n) is 5.67. The van der Waals surface area contributed by atoms with Gasteiger partial charge in [-0.2, -0.15) is 0 Å². The summed E-state index contributed by atoms with van der Waals surface area (Å²) >= 11 is 6.56. The van der Waals surface area contributed by atoms with Crippen molar-refractivity contribution in [2.45, 2.75) is 19.9 Å². The molecule has 3 N–H and O–H groups in total. The molecule has 0 spiro atoms. The van der Waals surface area contributed by atoms with Crippen LogP contribution in [0.4, 0.5) is 11.6 Å². The van der Waals surface area contributed by atoms with E-state index < -0.39 is 17.0 Å². The molecule has 4 aromatic heterocycles. The second-order valence-corrected chi connectivity index (χ2v) is 8.18. The first-order chi connectivity index (χ1) is 15.8. The number of carboxylic acid groups (broad SMARTS) is 1. The van der Waals surface area contributed by atoms with E-state index >= 15 is 0 Å². The summed E-state index contributed by atoms with van der Waals surface area (Å²) in [6.07, 6.45) is 6.76. The number of pyridine rings is 3. The van der Waals surface area contributed by atoms with Crippen LogP contribution in [0.25, 0.3) is 16.7 Å². The number of nitrogens with two attached hydrogens (primary N) is 1. The van der Waals surface area contributed by atoms with Crippen LogP contribution in [0.15, 0.2) is 41.8 Å². The number of aromatic carboxylic acids is 1. The Morgan fingerprint density at radius 1 is 1.24 bits per heavy atom. The number of carboxylic acids is 1. The van der Waals surface area contributed by atoms with Crippen LogP contribution >= 0.6 is 11.6 Å². The number of aromatic nitrogens is 5. The molecule has 0 fully saturated rings. The molecular formula is C22H18ClN7O3. The molecule has 5 heterocycles. The van der Waals surface area contributed by atoms with Gasteiger partial charge in [-0.3, -0.25) is 9.36 Å². The van der Waals surface area contributed by atoms with Gasteiger partial charge in [0.15, 0.2) is 5.65 Å². The average Bonchev–Trinajstić information content (AvgIpc) is 2.79. The molecule has 0 radical (unpaired) electrons. The number of rotatable bonds is 3. The standard InChI is InChI=1S/C22H18ClN7O3/c1-11-4-18(24)26-7-17(11)30-9-14(22(32)33)19(31)13-5-15(23)21(28-20(13)30)29-3-2-16-12(8-29)6-25-10-27-16/h4-7,9-10H,2-3,8H2,1H3,(H2,24,26)(H,32,33). The highest BCUT2D eigenvalue weighted by Crippen LogP contribution is 2.31. The minimum Gasteiger partial charge on any atom is -0.477 e. The Hall–Kier alpha value is -4.05. The lowest BCUT2D eigenvalue weighted by atomic mass is 10.1. The molecule has 0 amide bonds. The quantitative estimate of drug-likeness (QED) is 0.468. The Balaban J connectivity index is 1.75. The zero-order valence-electron chi connectivity index (χ0n) is 17.5. The maximum atomic E-state index is 12.9. The molecule has 0 bridgehead atoms. The van der Waals surface area contributed by atoms with Crippen molar-refractivity contribution in [3.8, 4) is 5.69 Å². The summed E-state index contributed by atoms with van der Waals surface area (Å²) in [5.41, 5.74) is 8.25. The van der Waals surface area contributed by atoms with Gasteiger partial charge in [0.1, 0.15) is 23.5 Å². The first-order valence-electron chi connectivity index (χ1n) is 10.1. The summed E-state index contributed by atoms with van der Waals surface area (Å²) in [7, 11) is 0. The smallest absolute Gasteiger partial charge is 0.341 e. The molecule has 5 rings (SSSR count). The van der Waals surface area contributed by atoms with Gasteiger partial charge < -0.3 is 15.7 Å². The van der Waals surface area contributed by atoms with E-state index in [1.807, 2.05) is 11.8 Å². The first kappa shape index (κ1) is 20.8. The number of fused-ring (bicyclic) bond motifs is 2. The van der Waals surface area contributed by atoms with Gasteiger partial charge >= 0.3 is 5.97 Å². The van der Waals surface area contributed by atoms with Crippen LogP contribution in [0.5, 0.6) is 0 Å². The van der Waals surface area contributed by atoms with Crippen molar-refractivity contribution in [2.75, 3.05) is 17.2 Å². The summed E-state index contributed by atoms with van der Waals surface area (Å²) in [5, 5.41) is 9.96.